The number of nitrogens with zero attached hydrogens (tertiary/aromatic N) is 1. The molecule has 0 radical (unpaired) electrons. The SMILES string of the molecule is CN1C(=O)[C@@H]2SC=C[C@@H]2c2ccccc21. The van der Waals surface area contributed by atoms with Crippen LogP contribution < -0.4 is 4.90 Å². The first-order valence-electron chi connectivity index (χ1n) is 4.97. The normalized spacial score (nSPS) is 27.8. The fraction of sp³-hybridized carbons (Fsp3) is 0.250. The molecule has 2 heterocycles. The number of amides is 1. The van der Waals surface area contributed by atoms with Crippen LogP contribution in [0.1, 0.15) is 11.5 Å². The van der Waals surface area contributed by atoms with E-state index in [9.17, 15) is 4.79 Å². The van der Waals surface area contributed by atoms with Gasteiger partial charge in [0, 0.05) is 18.7 Å². The number of benzene rings is 1. The van der Waals surface area contributed by atoms with Gasteiger partial charge in [0.05, 0.1) is 5.25 Å². The summed E-state index contributed by atoms with van der Waals surface area (Å²) in [6, 6.07) is 8.15. The quantitative estimate of drug-likeness (QED) is 0.665. The summed E-state index contributed by atoms with van der Waals surface area (Å²) < 4.78 is 0. The molecule has 0 spiro atoms. The topological polar surface area (TPSA) is 20.3 Å². The van der Waals surface area contributed by atoms with Gasteiger partial charge in [0.2, 0.25) is 5.91 Å². The molecule has 0 N–H and O–H groups in total. The zero-order valence-corrected chi connectivity index (χ0v) is 9.20. The van der Waals surface area contributed by atoms with Crippen LogP contribution in [0.2, 0.25) is 0 Å². The summed E-state index contributed by atoms with van der Waals surface area (Å²) in [5.41, 5.74) is 2.32. The Balaban J connectivity index is 2.19. The highest BCUT2D eigenvalue weighted by Crippen LogP contribution is 2.45. The van der Waals surface area contributed by atoms with E-state index in [4.69, 9.17) is 0 Å². The van der Waals surface area contributed by atoms with Crippen molar-refractivity contribution in [3.63, 3.8) is 0 Å². The molecule has 2 aliphatic heterocycles. The summed E-state index contributed by atoms with van der Waals surface area (Å²) in [6.07, 6.45) is 2.14. The monoisotopic (exact) mass is 217 g/mol. The van der Waals surface area contributed by atoms with Gasteiger partial charge in [0.15, 0.2) is 0 Å². The standard InChI is InChI=1S/C12H11NOS/c1-13-10-5-3-2-4-8(10)9-6-7-15-11(9)12(13)14/h2-7,9,11H,1H3/t9-,11-/m1/s1. The van der Waals surface area contributed by atoms with E-state index in [1.807, 2.05) is 30.7 Å². The molecule has 3 rings (SSSR count). The van der Waals surface area contributed by atoms with Crippen LogP contribution >= 0.6 is 11.8 Å². The van der Waals surface area contributed by atoms with Crippen molar-refractivity contribution in [3.8, 4) is 0 Å². The summed E-state index contributed by atoms with van der Waals surface area (Å²) in [6.45, 7) is 0. The Morgan fingerprint density at radius 2 is 2.13 bits per heavy atom. The van der Waals surface area contributed by atoms with Crippen LogP contribution in [0.25, 0.3) is 0 Å². The third-order valence-electron chi connectivity index (χ3n) is 3.07. The van der Waals surface area contributed by atoms with Gasteiger partial charge >= 0.3 is 0 Å². The van der Waals surface area contributed by atoms with Gasteiger partial charge in [0.1, 0.15) is 0 Å². The number of fused-ring (bicyclic) bond motifs is 3. The Morgan fingerprint density at radius 1 is 1.33 bits per heavy atom. The molecule has 2 aliphatic rings. The average molecular weight is 217 g/mol. The van der Waals surface area contributed by atoms with Crippen LogP contribution in [-0.4, -0.2) is 18.2 Å². The number of carbonyl (C=O) groups is 1. The Morgan fingerprint density at radius 3 is 3.00 bits per heavy atom. The molecule has 0 saturated heterocycles. The molecule has 15 heavy (non-hydrogen) atoms. The fourth-order valence-corrected chi connectivity index (χ4v) is 3.37. The van der Waals surface area contributed by atoms with Crippen LogP contribution in [0.4, 0.5) is 5.69 Å². The van der Waals surface area contributed by atoms with Gasteiger partial charge in [-0.3, -0.25) is 4.79 Å². The summed E-state index contributed by atoms with van der Waals surface area (Å²) in [5.74, 6) is 0.489. The van der Waals surface area contributed by atoms with E-state index in [0.29, 0.717) is 0 Å². The molecule has 0 aliphatic carbocycles. The van der Waals surface area contributed by atoms with Gasteiger partial charge in [-0.2, -0.15) is 0 Å². The molecule has 3 heteroatoms. The first-order chi connectivity index (χ1) is 7.29. The second-order valence-corrected chi connectivity index (χ2v) is 4.92. The molecular weight excluding hydrogens is 206 g/mol. The van der Waals surface area contributed by atoms with E-state index in [1.54, 1.807) is 16.7 Å². The lowest BCUT2D eigenvalue weighted by Gasteiger charge is -2.33. The zero-order chi connectivity index (χ0) is 10.4. The third-order valence-corrected chi connectivity index (χ3v) is 4.17. The molecule has 0 fully saturated rings. The zero-order valence-electron chi connectivity index (χ0n) is 8.38. The molecule has 0 bridgehead atoms. The smallest absolute Gasteiger partial charge is 0.241 e. The second kappa shape index (κ2) is 3.14. The Labute approximate surface area is 93.0 Å². The maximum Gasteiger partial charge on any atom is 0.241 e. The largest absolute Gasteiger partial charge is 0.314 e. The van der Waals surface area contributed by atoms with Crippen LogP contribution in [0, 0.1) is 0 Å². The average Bonchev–Trinajstić information content (AvgIpc) is 2.75. The second-order valence-electron chi connectivity index (χ2n) is 3.87. The van der Waals surface area contributed by atoms with Crippen molar-refractivity contribution in [2.45, 2.75) is 11.2 Å². The number of carbonyl (C=O) groups excluding carboxylic acids is 1. The van der Waals surface area contributed by atoms with Crippen LogP contribution in [0.3, 0.4) is 0 Å². The molecule has 76 valence electrons. The van der Waals surface area contributed by atoms with E-state index in [1.165, 1.54) is 5.56 Å². The van der Waals surface area contributed by atoms with Crippen molar-refractivity contribution in [2.24, 2.45) is 0 Å². The van der Waals surface area contributed by atoms with E-state index >= 15 is 0 Å². The predicted molar refractivity (Wildman–Crippen MR) is 63.1 cm³/mol. The minimum Gasteiger partial charge on any atom is -0.314 e. The minimum absolute atomic E-state index is 0.0601. The lowest BCUT2D eigenvalue weighted by molar-refractivity contribution is -0.118. The molecule has 2 nitrogen and oxygen atoms in total. The first kappa shape index (κ1) is 9.04. The van der Waals surface area contributed by atoms with Gasteiger partial charge in [-0.15, -0.1) is 11.8 Å². The predicted octanol–water partition coefficient (Wildman–Crippen LogP) is 2.38. The van der Waals surface area contributed by atoms with Gasteiger partial charge < -0.3 is 4.90 Å². The number of thioether (sulfide) groups is 1. The summed E-state index contributed by atoms with van der Waals surface area (Å²) in [4.78, 5) is 13.8. The lowest BCUT2D eigenvalue weighted by Crippen LogP contribution is -2.41. The molecule has 0 saturated carbocycles. The molecule has 1 aromatic rings. The molecule has 0 unspecified atom stereocenters. The third kappa shape index (κ3) is 1.16. The van der Waals surface area contributed by atoms with E-state index in [0.717, 1.165) is 5.69 Å². The van der Waals surface area contributed by atoms with E-state index in [-0.39, 0.29) is 17.1 Å². The van der Waals surface area contributed by atoms with Crippen molar-refractivity contribution in [3.05, 3.63) is 41.3 Å². The number of anilines is 1. The van der Waals surface area contributed by atoms with Crippen molar-refractivity contribution >= 4 is 23.4 Å². The fourth-order valence-electron chi connectivity index (χ4n) is 2.26. The maximum absolute atomic E-state index is 12.0. The molecule has 2 atom stereocenters. The number of hydrogen-bond donors (Lipinski definition) is 0. The Bertz CT molecular complexity index is 455. The molecule has 0 aromatic heterocycles. The minimum atomic E-state index is 0.0601. The van der Waals surface area contributed by atoms with Gasteiger partial charge in [-0.05, 0) is 17.0 Å². The number of rotatable bonds is 0. The summed E-state index contributed by atoms with van der Waals surface area (Å²) in [5, 5.41) is 2.10. The van der Waals surface area contributed by atoms with Gasteiger partial charge in [0.25, 0.3) is 0 Å². The maximum atomic E-state index is 12.0. The highest BCUT2D eigenvalue weighted by atomic mass is 32.2. The van der Waals surface area contributed by atoms with Crippen molar-refractivity contribution in [2.75, 3.05) is 11.9 Å². The van der Waals surface area contributed by atoms with Crippen LogP contribution in [0.5, 0.6) is 0 Å². The summed E-state index contributed by atoms with van der Waals surface area (Å²) >= 11 is 1.63. The highest BCUT2D eigenvalue weighted by Gasteiger charge is 2.39. The van der Waals surface area contributed by atoms with E-state index < -0.39 is 0 Å². The van der Waals surface area contributed by atoms with Crippen LogP contribution in [0.15, 0.2) is 35.7 Å². The van der Waals surface area contributed by atoms with Crippen molar-refractivity contribution in [1.29, 1.82) is 0 Å². The first-order valence-corrected chi connectivity index (χ1v) is 5.92. The lowest BCUT2D eigenvalue weighted by atomic mass is 9.89. The molecular formula is C12H11NOS. The van der Waals surface area contributed by atoms with Crippen LogP contribution in [-0.2, 0) is 4.79 Å². The highest BCUT2D eigenvalue weighted by molar-refractivity contribution is 8.03. The number of allylic oxidation sites excluding steroid dienone is 1. The number of hydrogen-bond acceptors (Lipinski definition) is 2. The molecule has 1 aromatic carbocycles. The summed E-state index contributed by atoms with van der Waals surface area (Å²) in [7, 11) is 1.86. The van der Waals surface area contributed by atoms with Gasteiger partial charge in [-0.1, -0.05) is 24.3 Å². The molecule has 1 amide bonds. The van der Waals surface area contributed by atoms with Crippen molar-refractivity contribution in [1.82, 2.24) is 0 Å². The number of para-hydroxylation sites is 1. The van der Waals surface area contributed by atoms with Crippen molar-refractivity contribution < 1.29 is 4.79 Å². The Kier molecular flexibility index (Phi) is 1.89. The van der Waals surface area contributed by atoms with Gasteiger partial charge in [-0.25, -0.2) is 0 Å². The Hall–Kier alpha value is -1.22. The van der Waals surface area contributed by atoms with E-state index in [2.05, 4.69) is 12.1 Å².